The van der Waals surface area contributed by atoms with Crippen molar-refractivity contribution in [2.75, 3.05) is 11.9 Å². The number of rotatable bonds is 3. The highest BCUT2D eigenvalue weighted by Gasteiger charge is 2.42. The normalized spacial score (nSPS) is 17.9. The third-order valence-corrected chi connectivity index (χ3v) is 3.51. The van der Waals surface area contributed by atoms with Gasteiger partial charge in [-0.15, -0.1) is 0 Å². The second-order valence-corrected chi connectivity index (χ2v) is 4.77. The Bertz CT molecular complexity index is 347. The van der Waals surface area contributed by atoms with Gasteiger partial charge in [0.05, 0.1) is 0 Å². The monoisotopic (exact) mass is 257 g/mol. The van der Waals surface area contributed by atoms with E-state index in [1.165, 1.54) is 0 Å². The molecule has 0 aromatic heterocycles. The summed E-state index contributed by atoms with van der Waals surface area (Å²) in [5.74, 6) is 0. The van der Waals surface area contributed by atoms with E-state index in [4.69, 9.17) is 0 Å². The van der Waals surface area contributed by atoms with Crippen LogP contribution in [0, 0.1) is 6.92 Å². The van der Waals surface area contributed by atoms with Gasteiger partial charge in [0.15, 0.2) is 0 Å². The summed E-state index contributed by atoms with van der Waals surface area (Å²) in [4.78, 5) is 0. The van der Waals surface area contributed by atoms with E-state index in [9.17, 15) is 4.39 Å². The zero-order valence-corrected chi connectivity index (χ0v) is 9.70. The van der Waals surface area contributed by atoms with Gasteiger partial charge in [0.2, 0.25) is 0 Å². The molecule has 0 saturated heterocycles. The fraction of sp³-hybridized carbons (Fsp3) is 0.455. The minimum Gasteiger partial charge on any atom is -0.382 e. The summed E-state index contributed by atoms with van der Waals surface area (Å²) in [5.41, 5.74) is 1.22. The fourth-order valence-electron chi connectivity index (χ4n) is 1.37. The first-order valence-corrected chi connectivity index (χ1v) is 5.58. The van der Waals surface area contributed by atoms with Crippen LogP contribution in [0.25, 0.3) is 0 Å². The lowest BCUT2D eigenvalue weighted by atomic mass is 10.2. The largest absolute Gasteiger partial charge is 0.382 e. The van der Waals surface area contributed by atoms with Crippen LogP contribution >= 0.6 is 15.9 Å². The van der Waals surface area contributed by atoms with E-state index in [0.717, 1.165) is 15.7 Å². The number of halogens is 2. The molecule has 1 fully saturated rings. The van der Waals surface area contributed by atoms with Gasteiger partial charge in [-0.05, 0) is 37.5 Å². The Kier molecular flexibility index (Phi) is 2.52. The molecule has 0 amide bonds. The summed E-state index contributed by atoms with van der Waals surface area (Å²) in [6.07, 6.45) is 1.40. The number of benzene rings is 1. The molecule has 14 heavy (non-hydrogen) atoms. The second-order valence-electron chi connectivity index (χ2n) is 3.92. The molecule has 1 aliphatic rings. The van der Waals surface area contributed by atoms with E-state index in [0.29, 0.717) is 19.4 Å². The van der Waals surface area contributed by atoms with Gasteiger partial charge in [-0.1, -0.05) is 22.0 Å². The first-order valence-electron chi connectivity index (χ1n) is 4.79. The van der Waals surface area contributed by atoms with Crippen molar-refractivity contribution in [3.8, 4) is 0 Å². The zero-order chi connectivity index (χ0) is 10.2. The van der Waals surface area contributed by atoms with E-state index in [1.807, 2.05) is 25.1 Å². The lowest BCUT2D eigenvalue weighted by Crippen LogP contribution is -2.16. The van der Waals surface area contributed by atoms with Gasteiger partial charge < -0.3 is 5.32 Å². The van der Waals surface area contributed by atoms with Crippen LogP contribution in [0.1, 0.15) is 18.4 Å². The maximum atomic E-state index is 13.3. The van der Waals surface area contributed by atoms with Crippen molar-refractivity contribution in [1.82, 2.24) is 0 Å². The third-order valence-electron chi connectivity index (χ3n) is 2.66. The molecule has 76 valence electrons. The molecule has 2 rings (SSSR count). The minimum absolute atomic E-state index is 0.435. The lowest BCUT2D eigenvalue weighted by molar-refractivity contribution is 0.326. The lowest BCUT2D eigenvalue weighted by Gasteiger charge is -2.12. The molecule has 0 heterocycles. The number of hydrogen-bond donors (Lipinski definition) is 1. The third kappa shape index (κ3) is 2.08. The molecule has 0 atom stereocenters. The number of hydrogen-bond acceptors (Lipinski definition) is 1. The average molecular weight is 258 g/mol. The van der Waals surface area contributed by atoms with Crippen molar-refractivity contribution in [2.45, 2.75) is 25.4 Å². The predicted octanol–water partition coefficient (Wildman–Crippen LogP) is 3.67. The Morgan fingerprint density at radius 2 is 2.21 bits per heavy atom. The molecule has 1 nitrogen and oxygen atoms in total. The standard InChI is InChI=1S/C11H13BrFN/c1-8-9(12)3-2-4-10(8)14-7-11(13)5-6-11/h2-4,14H,5-7H2,1H3. The molecule has 0 bridgehead atoms. The molecule has 1 aliphatic carbocycles. The van der Waals surface area contributed by atoms with Crippen molar-refractivity contribution in [3.05, 3.63) is 28.2 Å². The predicted molar refractivity (Wildman–Crippen MR) is 60.4 cm³/mol. The van der Waals surface area contributed by atoms with Gasteiger partial charge in [0, 0.05) is 16.7 Å². The number of anilines is 1. The van der Waals surface area contributed by atoms with Crippen LogP contribution in [0.3, 0.4) is 0 Å². The Morgan fingerprint density at radius 1 is 1.50 bits per heavy atom. The topological polar surface area (TPSA) is 12.0 Å². The molecule has 0 aliphatic heterocycles. The Morgan fingerprint density at radius 3 is 2.86 bits per heavy atom. The quantitative estimate of drug-likeness (QED) is 0.872. The van der Waals surface area contributed by atoms with Gasteiger partial charge in [0.25, 0.3) is 0 Å². The van der Waals surface area contributed by atoms with E-state index in [1.54, 1.807) is 0 Å². The van der Waals surface area contributed by atoms with E-state index < -0.39 is 5.67 Å². The van der Waals surface area contributed by atoms with Gasteiger partial charge in [-0.25, -0.2) is 4.39 Å². The SMILES string of the molecule is Cc1c(Br)cccc1NCC1(F)CC1. The molecule has 1 aromatic carbocycles. The minimum atomic E-state index is -0.936. The van der Waals surface area contributed by atoms with Crippen molar-refractivity contribution < 1.29 is 4.39 Å². The Balaban J connectivity index is 2.05. The van der Waals surface area contributed by atoms with E-state index in [2.05, 4.69) is 21.2 Å². The smallest absolute Gasteiger partial charge is 0.128 e. The second kappa shape index (κ2) is 3.54. The van der Waals surface area contributed by atoms with Crippen molar-refractivity contribution in [1.29, 1.82) is 0 Å². The van der Waals surface area contributed by atoms with Crippen LogP contribution in [0.5, 0.6) is 0 Å². The summed E-state index contributed by atoms with van der Waals surface area (Å²) in [5, 5.41) is 3.15. The molecular weight excluding hydrogens is 245 g/mol. The first-order chi connectivity index (χ1) is 6.61. The molecule has 1 aromatic rings. The maximum Gasteiger partial charge on any atom is 0.128 e. The van der Waals surface area contributed by atoms with E-state index in [-0.39, 0.29) is 0 Å². The highest BCUT2D eigenvalue weighted by molar-refractivity contribution is 9.10. The van der Waals surface area contributed by atoms with Crippen molar-refractivity contribution in [3.63, 3.8) is 0 Å². The molecule has 3 heteroatoms. The van der Waals surface area contributed by atoms with Gasteiger partial charge in [-0.3, -0.25) is 0 Å². The van der Waals surface area contributed by atoms with Gasteiger partial charge >= 0.3 is 0 Å². The van der Waals surface area contributed by atoms with Gasteiger partial charge in [0.1, 0.15) is 5.67 Å². The van der Waals surface area contributed by atoms with Gasteiger partial charge in [-0.2, -0.15) is 0 Å². The summed E-state index contributed by atoms with van der Waals surface area (Å²) < 4.78 is 14.4. The molecule has 0 radical (unpaired) electrons. The number of alkyl halides is 1. The zero-order valence-electron chi connectivity index (χ0n) is 8.11. The highest BCUT2D eigenvalue weighted by Crippen LogP contribution is 2.40. The number of nitrogens with one attached hydrogen (secondary N) is 1. The van der Waals surface area contributed by atoms with Crippen molar-refractivity contribution in [2.24, 2.45) is 0 Å². The fourth-order valence-corrected chi connectivity index (χ4v) is 1.73. The highest BCUT2D eigenvalue weighted by atomic mass is 79.9. The maximum absolute atomic E-state index is 13.3. The average Bonchev–Trinajstić information content (AvgIpc) is 2.88. The summed E-state index contributed by atoms with van der Waals surface area (Å²) in [7, 11) is 0. The Labute approximate surface area is 91.8 Å². The van der Waals surface area contributed by atoms with Crippen LogP contribution < -0.4 is 5.32 Å². The molecule has 0 spiro atoms. The van der Waals surface area contributed by atoms with Crippen LogP contribution in [0.2, 0.25) is 0 Å². The van der Waals surface area contributed by atoms with E-state index >= 15 is 0 Å². The summed E-state index contributed by atoms with van der Waals surface area (Å²) in [6.45, 7) is 2.45. The van der Waals surface area contributed by atoms with Crippen molar-refractivity contribution >= 4 is 21.6 Å². The first kappa shape index (κ1) is 9.97. The summed E-state index contributed by atoms with van der Waals surface area (Å²) >= 11 is 3.45. The summed E-state index contributed by atoms with van der Waals surface area (Å²) in [6, 6.07) is 5.92. The van der Waals surface area contributed by atoms with Crippen LogP contribution in [0.4, 0.5) is 10.1 Å². The Hall–Kier alpha value is -0.570. The van der Waals surface area contributed by atoms with Crippen LogP contribution in [-0.4, -0.2) is 12.2 Å². The molecule has 1 N–H and O–H groups in total. The molecule has 0 unspecified atom stereocenters. The van der Waals surface area contributed by atoms with Crippen LogP contribution in [0.15, 0.2) is 22.7 Å². The van der Waals surface area contributed by atoms with Crippen LogP contribution in [-0.2, 0) is 0 Å². The molecular formula is C11H13BrFN. The molecule has 1 saturated carbocycles.